The predicted molar refractivity (Wildman–Crippen MR) is 59.0 cm³/mol. The summed E-state index contributed by atoms with van der Waals surface area (Å²) in [6, 6.07) is 6.11. The van der Waals surface area contributed by atoms with Crippen molar-refractivity contribution in [2.45, 2.75) is 25.2 Å². The largest absolute Gasteiger partial charge is 0.497 e. The van der Waals surface area contributed by atoms with Crippen molar-refractivity contribution in [3.05, 3.63) is 29.3 Å². The van der Waals surface area contributed by atoms with E-state index >= 15 is 0 Å². The normalized spacial score (nSPS) is 20.2. The van der Waals surface area contributed by atoms with Gasteiger partial charge in [0.2, 0.25) is 0 Å². The number of aryl methyl sites for hydroxylation is 1. The fraction of sp³-hybridized carbons (Fsp3) is 0.417. The van der Waals surface area contributed by atoms with Crippen LogP contribution in [0.25, 0.3) is 0 Å². The molecule has 0 heterocycles. The molecule has 1 N–H and O–H groups in total. The molecule has 1 aliphatic rings. The van der Waals surface area contributed by atoms with Crippen LogP contribution in [-0.2, 0) is 6.42 Å². The van der Waals surface area contributed by atoms with E-state index in [1.807, 2.05) is 6.07 Å². The van der Waals surface area contributed by atoms with Crippen molar-refractivity contribution >= 4 is 6.21 Å². The summed E-state index contributed by atoms with van der Waals surface area (Å²) in [5.41, 5.74) is 2.57. The minimum Gasteiger partial charge on any atom is -0.497 e. The number of hydrogen-bond donors (Lipinski definition) is 1. The van der Waals surface area contributed by atoms with E-state index < -0.39 is 0 Å². The Morgan fingerprint density at radius 3 is 3.13 bits per heavy atom. The molecule has 0 radical (unpaired) electrons. The Kier molecular flexibility index (Phi) is 2.90. The number of rotatable bonds is 2. The van der Waals surface area contributed by atoms with Gasteiger partial charge in [0, 0.05) is 5.92 Å². The van der Waals surface area contributed by atoms with Crippen LogP contribution in [0.3, 0.4) is 0 Å². The zero-order valence-electron chi connectivity index (χ0n) is 8.81. The average molecular weight is 205 g/mol. The summed E-state index contributed by atoms with van der Waals surface area (Å²) in [7, 11) is 1.68. The molecule has 0 saturated heterocycles. The first-order valence-corrected chi connectivity index (χ1v) is 5.19. The summed E-state index contributed by atoms with van der Waals surface area (Å²) < 4.78 is 5.19. The second-order valence-electron chi connectivity index (χ2n) is 3.83. The van der Waals surface area contributed by atoms with Crippen LogP contribution < -0.4 is 4.74 Å². The summed E-state index contributed by atoms with van der Waals surface area (Å²) in [6.07, 6.45) is 4.90. The first-order valence-electron chi connectivity index (χ1n) is 5.19. The molecule has 1 unspecified atom stereocenters. The van der Waals surface area contributed by atoms with E-state index in [-0.39, 0.29) is 5.92 Å². The van der Waals surface area contributed by atoms with Crippen molar-refractivity contribution in [1.82, 2.24) is 0 Å². The molecule has 1 aromatic rings. The zero-order chi connectivity index (χ0) is 10.7. The lowest BCUT2D eigenvalue weighted by Crippen LogP contribution is -2.10. The molecule has 0 fully saturated rings. The van der Waals surface area contributed by atoms with Crippen molar-refractivity contribution < 1.29 is 9.94 Å². The summed E-state index contributed by atoms with van der Waals surface area (Å²) in [6.45, 7) is 0. The number of methoxy groups -OCH3 is 1. The SMILES string of the molecule is COc1ccc2c(c1)CCCC2C=NO. The number of hydrogen-bond acceptors (Lipinski definition) is 3. The second kappa shape index (κ2) is 4.34. The minimum atomic E-state index is 0.254. The molecule has 3 heteroatoms. The number of fused-ring (bicyclic) bond motifs is 1. The van der Waals surface area contributed by atoms with Crippen LogP contribution in [0, 0.1) is 0 Å². The molecule has 0 spiro atoms. The lowest BCUT2D eigenvalue weighted by Gasteiger charge is -2.22. The minimum absolute atomic E-state index is 0.254. The van der Waals surface area contributed by atoms with Gasteiger partial charge in [0.1, 0.15) is 5.75 Å². The third kappa shape index (κ3) is 1.96. The van der Waals surface area contributed by atoms with E-state index in [0.717, 1.165) is 25.0 Å². The molecule has 80 valence electrons. The number of benzene rings is 1. The maximum absolute atomic E-state index is 8.59. The van der Waals surface area contributed by atoms with Crippen LogP contribution in [-0.4, -0.2) is 18.5 Å². The smallest absolute Gasteiger partial charge is 0.119 e. The molecule has 0 aliphatic heterocycles. The topological polar surface area (TPSA) is 41.8 Å². The Hall–Kier alpha value is -1.51. The summed E-state index contributed by atoms with van der Waals surface area (Å²) in [4.78, 5) is 0. The fourth-order valence-corrected chi connectivity index (χ4v) is 2.19. The van der Waals surface area contributed by atoms with E-state index in [1.165, 1.54) is 11.1 Å². The van der Waals surface area contributed by atoms with Gasteiger partial charge >= 0.3 is 0 Å². The Morgan fingerprint density at radius 1 is 1.53 bits per heavy atom. The molecule has 1 aromatic carbocycles. The predicted octanol–water partition coefficient (Wildman–Crippen LogP) is 2.58. The molecule has 1 atom stereocenters. The molecule has 0 saturated carbocycles. The maximum atomic E-state index is 8.59. The highest BCUT2D eigenvalue weighted by Gasteiger charge is 2.19. The Bertz CT molecular complexity index is 374. The standard InChI is InChI=1S/C12H15NO2/c1-15-11-5-6-12-9(7-11)3-2-4-10(12)8-13-14/h5-8,10,14H,2-4H2,1H3. The highest BCUT2D eigenvalue weighted by atomic mass is 16.5. The number of nitrogens with zero attached hydrogens (tertiary/aromatic N) is 1. The quantitative estimate of drug-likeness (QED) is 0.458. The van der Waals surface area contributed by atoms with Gasteiger partial charge in [-0.1, -0.05) is 6.07 Å². The summed E-state index contributed by atoms with van der Waals surface area (Å²) >= 11 is 0. The Morgan fingerprint density at radius 2 is 2.40 bits per heavy atom. The summed E-state index contributed by atoms with van der Waals surface area (Å²) in [5.74, 6) is 1.15. The Balaban J connectivity index is 2.36. The van der Waals surface area contributed by atoms with Crippen molar-refractivity contribution in [1.29, 1.82) is 0 Å². The molecule has 3 nitrogen and oxygen atoms in total. The van der Waals surface area contributed by atoms with Gasteiger partial charge in [-0.15, -0.1) is 5.16 Å². The highest BCUT2D eigenvalue weighted by Crippen LogP contribution is 2.32. The molecule has 0 bridgehead atoms. The van der Waals surface area contributed by atoms with Crippen LogP contribution >= 0.6 is 0 Å². The van der Waals surface area contributed by atoms with Gasteiger partial charge in [-0.05, 0) is 42.5 Å². The maximum Gasteiger partial charge on any atom is 0.119 e. The zero-order valence-corrected chi connectivity index (χ0v) is 8.81. The van der Waals surface area contributed by atoms with Gasteiger partial charge in [-0.3, -0.25) is 0 Å². The third-order valence-electron chi connectivity index (χ3n) is 2.96. The first kappa shape index (κ1) is 10.0. The van der Waals surface area contributed by atoms with Gasteiger partial charge in [-0.25, -0.2) is 0 Å². The van der Waals surface area contributed by atoms with Crippen molar-refractivity contribution in [2.75, 3.05) is 7.11 Å². The van der Waals surface area contributed by atoms with E-state index in [0.29, 0.717) is 0 Å². The van der Waals surface area contributed by atoms with Crippen molar-refractivity contribution in [3.8, 4) is 5.75 Å². The third-order valence-corrected chi connectivity index (χ3v) is 2.96. The molecule has 0 amide bonds. The lowest BCUT2D eigenvalue weighted by molar-refractivity contribution is 0.319. The lowest BCUT2D eigenvalue weighted by atomic mass is 9.83. The van der Waals surface area contributed by atoms with E-state index in [4.69, 9.17) is 9.94 Å². The number of oxime groups is 1. The van der Waals surface area contributed by atoms with E-state index in [2.05, 4.69) is 17.3 Å². The second-order valence-corrected chi connectivity index (χ2v) is 3.83. The van der Waals surface area contributed by atoms with Gasteiger partial charge < -0.3 is 9.94 Å². The Labute approximate surface area is 89.4 Å². The molecule has 0 aromatic heterocycles. The number of ether oxygens (including phenoxy) is 1. The van der Waals surface area contributed by atoms with E-state index in [9.17, 15) is 0 Å². The van der Waals surface area contributed by atoms with Crippen LogP contribution in [0.15, 0.2) is 23.4 Å². The van der Waals surface area contributed by atoms with Crippen LogP contribution in [0.5, 0.6) is 5.75 Å². The van der Waals surface area contributed by atoms with Crippen molar-refractivity contribution in [3.63, 3.8) is 0 Å². The molecular formula is C12H15NO2. The van der Waals surface area contributed by atoms with Crippen molar-refractivity contribution in [2.24, 2.45) is 5.16 Å². The molecule has 2 rings (SSSR count). The molecule has 1 aliphatic carbocycles. The van der Waals surface area contributed by atoms with Crippen LogP contribution in [0.2, 0.25) is 0 Å². The molecule has 15 heavy (non-hydrogen) atoms. The fourth-order valence-electron chi connectivity index (χ4n) is 2.19. The monoisotopic (exact) mass is 205 g/mol. The first-order chi connectivity index (χ1) is 7.35. The average Bonchev–Trinajstić information content (AvgIpc) is 2.29. The molecular weight excluding hydrogens is 190 g/mol. The van der Waals surface area contributed by atoms with Crippen LogP contribution in [0.4, 0.5) is 0 Å². The van der Waals surface area contributed by atoms with E-state index in [1.54, 1.807) is 13.3 Å². The van der Waals surface area contributed by atoms with Gasteiger partial charge in [0.15, 0.2) is 0 Å². The highest BCUT2D eigenvalue weighted by molar-refractivity contribution is 5.69. The van der Waals surface area contributed by atoms with Gasteiger partial charge in [0.25, 0.3) is 0 Å². The van der Waals surface area contributed by atoms with Gasteiger partial charge in [0.05, 0.1) is 13.3 Å². The van der Waals surface area contributed by atoms with Gasteiger partial charge in [-0.2, -0.15) is 0 Å². The summed E-state index contributed by atoms with van der Waals surface area (Å²) in [5, 5.41) is 11.7. The van der Waals surface area contributed by atoms with Crippen LogP contribution in [0.1, 0.15) is 29.9 Å².